The zero-order valence-corrected chi connectivity index (χ0v) is 13.9. The second-order valence-corrected chi connectivity index (χ2v) is 5.49. The number of aromatic carboxylic acids is 1. The fraction of sp³-hybridized carbons (Fsp3) is 0.111. The molecule has 2 N–H and O–H groups in total. The van der Waals surface area contributed by atoms with Gasteiger partial charge in [0, 0.05) is 10.6 Å². The first-order valence-electron chi connectivity index (χ1n) is 7.07. The van der Waals surface area contributed by atoms with Crippen LogP contribution in [0.15, 0.2) is 48.0 Å². The molecular formula is C18H16ClNO4. The molecule has 2 aromatic rings. The molecule has 0 aliphatic rings. The van der Waals surface area contributed by atoms with Gasteiger partial charge in [0.25, 0.3) is 5.91 Å². The van der Waals surface area contributed by atoms with Gasteiger partial charge in [0.1, 0.15) is 5.75 Å². The normalized spacial score (nSPS) is 11.0. The summed E-state index contributed by atoms with van der Waals surface area (Å²) in [6.45, 7) is 1.64. The lowest BCUT2D eigenvalue weighted by molar-refractivity contribution is -0.112. The van der Waals surface area contributed by atoms with E-state index in [1.165, 1.54) is 18.2 Å². The Labute approximate surface area is 144 Å². The smallest absolute Gasteiger partial charge is 0.337 e. The van der Waals surface area contributed by atoms with E-state index in [-0.39, 0.29) is 11.3 Å². The minimum atomic E-state index is -1.14. The largest absolute Gasteiger partial charge is 0.497 e. The molecule has 0 aliphatic carbocycles. The molecule has 0 heterocycles. The molecule has 0 aliphatic heterocycles. The number of ether oxygens (including phenoxy) is 1. The summed E-state index contributed by atoms with van der Waals surface area (Å²) in [5, 5.41) is 12.1. The summed E-state index contributed by atoms with van der Waals surface area (Å²) in [6.07, 6.45) is 1.69. The van der Waals surface area contributed by atoms with Crippen LogP contribution in [0.25, 0.3) is 6.08 Å². The van der Waals surface area contributed by atoms with Gasteiger partial charge in [0.05, 0.1) is 18.4 Å². The Balaban J connectivity index is 2.21. The van der Waals surface area contributed by atoms with Crippen molar-refractivity contribution in [3.63, 3.8) is 0 Å². The van der Waals surface area contributed by atoms with E-state index in [1.54, 1.807) is 32.2 Å². The molecule has 2 aromatic carbocycles. The molecule has 1 amide bonds. The highest BCUT2D eigenvalue weighted by molar-refractivity contribution is 6.31. The van der Waals surface area contributed by atoms with Crippen LogP contribution in [0.4, 0.5) is 5.69 Å². The molecule has 24 heavy (non-hydrogen) atoms. The first kappa shape index (κ1) is 17.6. The third-order valence-electron chi connectivity index (χ3n) is 3.32. The van der Waals surface area contributed by atoms with Gasteiger partial charge in [-0.15, -0.1) is 0 Å². The highest BCUT2D eigenvalue weighted by atomic mass is 35.5. The number of hydrogen-bond donors (Lipinski definition) is 2. The van der Waals surface area contributed by atoms with Crippen LogP contribution < -0.4 is 10.1 Å². The Morgan fingerprint density at radius 3 is 2.42 bits per heavy atom. The number of benzene rings is 2. The van der Waals surface area contributed by atoms with Gasteiger partial charge < -0.3 is 15.2 Å². The number of amides is 1. The number of halogens is 1. The van der Waals surface area contributed by atoms with Gasteiger partial charge >= 0.3 is 5.97 Å². The van der Waals surface area contributed by atoms with Crippen molar-refractivity contribution in [3.05, 3.63) is 64.2 Å². The highest BCUT2D eigenvalue weighted by Crippen LogP contribution is 2.22. The zero-order chi connectivity index (χ0) is 17.7. The molecule has 2 rings (SSSR count). The number of anilines is 1. The summed E-state index contributed by atoms with van der Waals surface area (Å²) in [4.78, 5) is 23.5. The van der Waals surface area contributed by atoms with Crippen LogP contribution in [0.3, 0.4) is 0 Å². The van der Waals surface area contributed by atoms with Gasteiger partial charge in [-0.2, -0.15) is 0 Å². The van der Waals surface area contributed by atoms with Gasteiger partial charge in [-0.3, -0.25) is 4.79 Å². The Kier molecular flexibility index (Phi) is 5.60. The first-order valence-corrected chi connectivity index (χ1v) is 7.45. The molecule has 124 valence electrons. The average Bonchev–Trinajstić information content (AvgIpc) is 2.55. The summed E-state index contributed by atoms with van der Waals surface area (Å²) in [6, 6.07) is 11.4. The van der Waals surface area contributed by atoms with Crippen LogP contribution >= 0.6 is 11.6 Å². The molecule has 0 fully saturated rings. The van der Waals surface area contributed by atoms with Crippen LogP contribution in [-0.4, -0.2) is 24.1 Å². The van der Waals surface area contributed by atoms with Crippen LogP contribution in [0.1, 0.15) is 22.8 Å². The van der Waals surface area contributed by atoms with Crippen molar-refractivity contribution >= 4 is 35.2 Å². The Morgan fingerprint density at radius 2 is 1.83 bits per heavy atom. The molecule has 0 unspecified atom stereocenters. The molecule has 0 saturated carbocycles. The maximum Gasteiger partial charge on any atom is 0.337 e. The van der Waals surface area contributed by atoms with Crippen molar-refractivity contribution in [2.24, 2.45) is 0 Å². The van der Waals surface area contributed by atoms with Gasteiger partial charge in [-0.25, -0.2) is 4.79 Å². The molecule has 0 atom stereocenters. The van der Waals surface area contributed by atoms with Crippen LogP contribution in [0.5, 0.6) is 5.75 Å². The van der Waals surface area contributed by atoms with E-state index < -0.39 is 11.9 Å². The summed E-state index contributed by atoms with van der Waals surface area (Å²) in [5.41, 5.74) is 1.39. The molecule has 0 aromatic heterocycles. The standard InChI is InChI=1S/C18H16ClNO4/c1-11(9-12-3-6-14(24-2)7-4-12)17(21)20-16-10-13(19)5-8-15(16)18(22)23/h3-10H,1-2H3,(H,20,21)(H,22,23)/b11-9+. The van der Waals surface area contributed by atoms with Gasteiger partial charge in [0.2, 0.25) is 0 Å². The number of nitrogens with one attached hydrogen (secondary N) is 1. The van der Waals surface area contributed by atoms with Gasteiger partial charge in [-0.1, -0.05) is 23.7 Å². The minimum absolute atomic E-state index is 0.0232. The lowest BCUT2D eigenvalue weighted by Crippen LogP contribution is -2.15. The molecular weight excluding hydrogens is 330 g/mol. The van der Waals surface area contributed by atoms with Crippen LogP contribution in [-0.2, 0) is 4.79 Å². The van der Waals surface area contributed by atoms with Crippen molar-refractivity contribution in [3.8, 4) is 5.75 Å². The maximum absolute atomic E-state index is 12.3. The number of carbonyl (C=O) groups is 2. The molecule has 5 nitrogen and oxygen atoms in total. The van der Waals surface area contributed by atoms with E-state index in [0.717, 1.165) is 11.3 Å². The van der Waals surface area contributed by atoms with Crippen LogP contribution in [0, 0.1) is 0 Å². The van der Waals surface area contributed by atoms with Gasteiger partial charge in [0.15, 0.2) is 0 Å². The van der Waals surface area contributed by atoms with Crippen molar-refractivity contribution in [2.75, 3.05) is 12.4 Å². The fourth-order valence-corrected chi connectivity index (χ4v) is 2.22. The number of hydrogen-bond acceptors (Lipinski definition) is 3. The topological polar surface area (TPSA) is 75.6 Å². The minimum Gasteiger partial charge on any atom is -0.497 e. The number of carboxylic acids is 1. The van der Waals surface area contributed by atoms with Crippen molar-refractivity contribution in [1.82, 2.24) is 0 Å². The average molecular weight is 346 g/mol. The SMILES string of the molecule is COc1ccc(/C=C(\C)C(=O)Nc2cc(Cl)ccc2C(=O)O)cc1. The van der Waals surface area contributed by atoms with E-state index in [9.17, 15) is 14.7 Å². The second kappa shape index (κ2) is 7.66. The Hall–Kier alpha value is -2.79. The highest BCUT2D eigenvalue weighted by Gasteiger charge is 2.14. The monoisotopic (exact) mass is 345 g/mol. The summed E-state index contributed by atoms with van der Waals surface area (Å²) >= 11 is 5.87. The summed E-state index contributed by atoms with van der Waals surface area (Å²) in [7, 11) is 1.58. The number of carbonyl (C=O) groups excluding carboxylic acids is 1. The molecule has 0 bridgehead atoms. The molecule has 0 radical (unpaired) electrons. The summed E-state index contributed by atoms with van der Waals surface area (Å²) in [5.74, 6) is -0.825. The number of carboxylic acid groups (broad SMARTS) is 1. The van der Waals surface area contributed by atoms with E-state index in [1.807, 2.05) is 12.1 Å². The quantitative estimate of drug-likeness (QED) is 0.800. The number of rotatable bonds is 5. The first-order chi connectivity index (χ1) is 11.4. The van der Waals surface area contributed by atoms with Crippen molar-refractivity contribution < 1.29 is 19.4 Å². The van der Waals surface area contributed by atoms with Crippen molar-refractivity contribution in [2.45, 2.75) is 6.92 Å². The molecule has 0 saturated heterocycles. The lowest BCUT2D eigenvalue weighted by atomic mass is 10.1. The Bertz CT molecular complexity index is 797. The second-order valence-electron chi connectivity index (χ2n) is 5.05. The zero-order valence-electron chi connectivity index (χ0n) is 13.2. The van der Waals surface area contributed by atoms with Crippen molar-refractivity contribution in [1.29, 1.82) is 0 Å². The van der Waals surface area contributed by atoms with Gasteiger partial charge in [-0.05, 0) is 48.9 Å². The van der Waals surface area contributed by atoms with E-state index in [2.05, 4.69) is 5.32 Å². The maximum atomic E-state index is 12.3. The number of methoxy groups -OCH3 is 1. The lowest BCUT2D eigenvalue weighted by Gasteiger charge is -2.09. The molecule has 0 spiro atoms. The molecule has 6 heteroatoms. The Morgan fingerprint density at radius 1 is 1.17 bits per heavy atom. The van der Waals surface area contributed by atoms with Crippen LogP contribution in [0.2, 0.25) is 5.02 Å². The fourth-order valence-electron chi connectivity index (χ4n) is 2.04. The van der Waals surface area contributed by atoms with E-state index >= 15 is 0 Å². The predicted octanol–water partition coefficient (Wildman–Crippen LogP) is 4.09. The third-order valence-corrected chi connectivity index (χ3v) is 3.55. The summed E-state index contributed by atoms with van der Waals surface area (Å²) < 4.78 is 5.08. The third kappa shape index (κ3) is 4.36. The predicted molar refractivity (Wildman–Crippen MR) is 93.7 cm³/mol. The van der Waals surface area contributed by atoms with E-state index in [4.69, 9.17) is 16.3 Å². The van der Waals surface area contributed by atoms with E-state index in [0.29, 0.717) is 10.6 Å².